The fourth-order valence-corrected chi connectivity index (χ4v) is 0.385. The van der Waals surface area contributed by atoms with Crippen molar-refractivity contribution < 1.29 is 75.0 Å². The Labute approximate surface area is 143 Å². The maximum Gasteiger partial charge on any atom is 0.503 e. The van der Waals surface area contributed by atoms with Crippen LogP contribution in [0.15, 0.2) is 36.4 Å². The first-order chi connectivity index (χ1) is 11.7. The van der Waals surface area contributed by atoms with Gasteiger partial charge in [0.2, 0.25) is 0 Å². The maximum absolute atomic E-state index is 8.56. The van der Waals surface area contributed by atoms with Gasteiger partial charge < -0.3 is 51.1 Å². The molecule has 0 aliphatic rings. The zero-order valence-corrected chi connectivity index (χ0v) is 12.5. The Kier molecular flexibility index (Phi) is 36.7. The molecule has 0 aromatic heterocycles. The van der Waals surface area contributed by atoms with Gasteiger partial charge in [0.15, 0.2) is 0 Å². The first-order valence-corrected chi connectivity index (χ1v) is 5.26. The Hall–Kier alpha value is -4.43. The quantitative estimate of drug-likeness (QED) is 0.305. The fraction of sp³-hybridized carbons (Fsp3) is 0. The van der Waals surface area contributed by atoms with Crippen LogP contribution in [0.5, 0.6) is 0 Å². The van der Waals surface area contributed by atoms with Gasteiger partial charge in [-0.2, -0.15) is 0 Å². The lowest BCUT2D eigenvalue weighted by Crippen LogP contribution is -1.81. The zero-order valence-electron chi connectivity index (χ0n) is 12.5. The average Bonchev–Trinajstić information content (AvgIpc) is 2.37. The van der Waals surface area contributed by atoms with Crippen LogP contribution in [0.1, 0.15) is 0 Å². The van der Waals surface area contributed by atoms with Crippen LogP contribution in [-0.4, -0.2) is 81.8 Å². The summed E-state index contributed by atoms with van der Waals surface area (Å²) in [5, 5.41) is 69.7. The van der Waals surface area contributed by atoms with Gasteiger partial charge in [0.1, 0.15) is 0 Å². The Morgan fingerprint density at radius 2 is 0.346 bits per heavy atom. The lowest BCUT2D eigenvalue weighted by molar-refractivity contribution is 0.135. The van der Waals surface area contributed by atoms with E-state index in [1.54, 1.807) is 0 Å². The number of hydrogen-bond acceptors (Lipinski definition) is 5. The summed E-state index contributed by atoms with van der Waals surface area (Å²) in [6.07, 6.45) is -9.17. The lowest BCUT2D eigenvalue weighted by Gasteiger charge is -1.69. The summed E-state index contributed by atoms with van der Waals surface area (Å²) in [6, 6.07) is 12.0. The summed E-state index contributed by atoms with van der Waals surface area (Å²) in [5.41, 5.74) is 0. The molecule has 0 unspecified atom stereocenters. The van der Waals surface area contributed by atoms with Crippen LogP contribution in [0.2, 0.25) is 0 Å². The van der Waals surface area contributed by atoms with E-state index in [4.69, 9.17) is 75.0 Å². The topological polar surface area (TPSA) is 288 Å². The van der Waals surface area contributed by atoms with Crippen molar-refractivity contribution in [1.29, 1.82) is 0 Å². The molecule has 0 amide bonds. The smallest absolute Gasteiger partial charge is 0.450 e. The first kappa shape index (κ1) is 33.2. The third-order valence-corrected chi connectivity index (χ3v) is 0.667. The zero-order chi connectivity index (χ0) is 22.1. The molecule has 0 radical (unpaired) electrons. The van der Waals surface area contributed by atoms with E-state index in [1.807, 2.05) is 36.4 Å². The van der Waals surface area contributed by atoms with Gasteiger partial charge >= 0.3 is 30.8 Å². The molecular weight excluding hydrogens is 372 g/mol. The Morgan fingerprint density at radius 3 is 0.385 bits per heavy atom. The molecule has 0 saturated carbocycles. The van der Waals surface area contributed by atoms with Crippen LogP contribution in [0.4, 0.5) is 24.0 Å². The SMILES string of the molecule is O=C(O)O.O=C(O)O.O=C(O)O.O=C(O)O.O=C(O)O.c1ccccc1. The Morgan fingerprint density at radius 1 is 0.308 bits per heavy atom. The van der Waals surface area contributed by atoms with Crippen LogP contribution < -0.4 is 0 Å². The molecule has 0 spiro atoms. The number of benzene rings is 1. The molecule has 0 heterocycles. The highest BCUT2D eigenvalue weighted by atomic mass is 16.6. The van der Waals surface area contributed by atoms with Crippen LogP contribution >= 0.6 is 0 Å². The maximum atomic E-state index is 8.56. The second-order valence-electron chi connectivity index (χ2n) is 2.57. The van der Waals surface area contributed by atoms with Crippen molar-refractivity contribution in [3.63, 3.8) is 0 Å². The molecule has 1 aromatic rings. The van der Waals surface area contributed by atoms with Crippen LogP contribution in [0, 0.1) is 0 Å². The molecule has 1 aromatic carbocycles. The van der Waals surface area contributed by atoms with E-state index in [-0.39, 0.29) is 0 Å². The molecule has 0 aliphatic heterocycles. The Bertz CT molecular complexity index is 367. The summed E-state index contributed by atoms with van der Waals surface area (Å²) < 4.78 is 0. The van der Waals surface area contributed by atoms with Gasteiger partial charge in [-0.25, -0.2) is 24.0 Å². The second-order valence-corrected chi connectivity index (χ2v) is 2.57. The molecule has 0 aliphatic carbocycles. The first-order valence-electron chi connectivity index (χ1n) is 5.26. The number of rotatable bonds is 0. The van der Waals surface area contributed by atoms with E-state index in [0.29, 0.717) is 0 Å². The number of carbonyl (C=O) groups is 5. The second kappa shape index (κ2) is 28.7. The predicted molar refractivity (Wildman–Crippen MR) is 79.7 cm³/mol. The molecule has 26 heavy (non-hydrogen) atoms. The fourth-order valence-electron chi connectivity index (χ4n) is 0.385. The molecule has 15 heteroatoms. The van der Waals surface area contributed by atoms with E-state index >= 15 is 0 Å². The molecule has 0 bridgehead atoms. The normalized spacial score (nSPS) is 6.46. The van der Waals surface area contributed by atoms with Crippen LogP contribution in [0.3, 0.4) is 0 Å². The van der Waals surface area contributed by atoms with Gasteiger partial charge in [0.05, 0.1) is 0 Å². The van der Waals surface area contributed by atoms with E-state index in [1.165, 1.54) is 0 Å². The van der Waals surface area contributed by atoms with E-state index in [9.17, 15) is 0 Å². The van der Waals surface area contributed by atoms with E-state index in [0.717, 1.165) is 0 Å². The largest absolute Gasteiger partial charge is 0.503 e. The molecule has 1 rings (SSSR count). The van der Waals surface area contributed by atoms with Gasteiger partial charge in [-0.3, -0.25) is 0 Å². The van der Waals surface area contributed by atoms with Gasteiger partial charge in [-0.15, -0.1) is 0 Å². The summed E-state index contributed by atoms with van der Waals surface area (Å²) in [4.78, 5) is 42.8. The highest BCUT2D eigenvalue weighted by molar-refractivity contribution is 5.54. The van der Waals surface area contributed by atoms with Gasteiger partial charge in [0.25, 0.3) is 0 Å². The molecule has 0 atom stereocenters. The van der Waals surface area contributed by atoms with Crippen LogP contribution in [-0.2, 0) is 0 Å². The minimum atomic E-state index is -1.83. The number of hydrogen-bond donors (Lipinski definition) is 10. The Balaban J connectivity index is -0.0000000687. The van der Waals surface area contributed by atoms with Gasteiger partial charge in [-0.1, -0.05) is 36.4 Å². The molecular formula is C11H16O15. The predicted octanol–water partition coefficient (Wildman–Crippen LogP) is 2.80. The third kappa shape index (κ3) is 2740. The lowest BCUT2D eigenvalue weighted by atomic mass is 10.4. The minimum Gasteiger partial charge on any atom is -0.450 e. The molecule has 150 valence electrons. The van der Waals surface area contributed by atoms with Gasteiger partial charge in [-0.05, 0) is 0 Å². The van der Waals surface area contributed by atoms with E-state index < -0.39 is 30.8 Å². The molecule has 0 fully saturated rings. The minimum absolute atomic E-state index is 1.83. The van der Waals surface area contributed by atoms with Gasteiger partial charge in [0, 0.05) is 0 Å². The van der Waals surface area contributed by atoms with Crippen molar-refractivity contribution in [3.05, 3.63) is 36.4 Å². The average molecular weight is 388 g/mol. The number of carboxylic acid groups (broad SMARTS) is 10. The van der Waals surface area contributed by atoms with Crippen molar-refractivity contribution >= 4 is 30.8 Å². The standard InChI is InChI=1S/C6H6.5CH2O3/c1-2-4-6-5-3-1;5*2-1(3)4/h1-6H;5*(H2,2,3,4). The van der Waals surface area contributed by atoms with E-state index in [2.05, 4.69) is 0 Å². The molecule has 15 nitrogen and oxygen atoms in total. The summed E-state index contributed by atoms with van der Waals surface area (Å²) in [6.45, 7) is 0. The van der Waals surface area contributed by atoms with Crippen molar-refractivity contribution in [2.24, 2.45) is 0 Å². The van der Waals surface area contributed by atoms with Crippen molar-refractivity contribution in [2.45, 2.75) is 0 Å². The van der Waals surface area contributed by atoms with Crippen molar-refractivity contribution in [1.82, 2.24) is 0 Å². The highest BCUT2D eigenvalue weighted by Crippen LogP contribution is 1.79. The van der Waals surface area contributed by atoms with Crippen LogP contribution in [0.25, 0.3) is 0 Å². The summed E-state index contributed by atoms with van der Waals surface area (Å²) in [7, 11) is 0. The summed E-state index contributed by atoms with van der Waals surface area (Å²) in [5.74, 6) is 0. The van der Waals surface area contributed by atoms with Crippen molar-refractivity contribution in [3.8, 4) is 0 Å². The molecule has 0 saturated heterocycles. The van der Waals surface area contributed by atoms with Crippen molar-refractivity contribution in [2.75, 3.05) is 0 Å². The summed E-state index contributed by atoms with van der Waals surface area (Å²) >= 11 is 0. The monoisotopic (exact) mass is 388 g/mol. The highest BCUT2D eigenvalue weighted by Gasteiger charge is 1.71. The third-order valence-electron chi connectivity index (χ3n) is 0.667. The molecule has 10 N–H and O–H groups in total.